The van der Waals surface area contributed by atoms with E-state index in [1.165, 1.54) is 4.88 Å². The third-order valence-corrected chi connectivity index (χ3v) is 2.19. The third kappa shape index (κ3) is 3.39. The highest BCUT2D eigenvalue weighted by molar-refractivity contribution is 7.09. The maximum Gasteiger partial charge on any atom is 0.403 e. The first-order chi connectivity index (χ1) is 5.29. The molecule has 0 aromatic carbocycles. The van der Waals surface area contributed by atoms with Crippen LogP contribution in [0, 0.1) is 0 Å². The molecule has 0 aliphatic carbocycles. The molecule has 1 aromatic rings. The van der Waals surface area contributed by atoms with E-state index in [0.29, 0.717) is 6.61 Å². The Kier molecular flexibility index (Phi) is 3.39. The zero-order valence-corrected chi connectivity index (χ0v) is 7.32. The zero-order valence-electron chi connectivity index (χ0n) is 5.75. The highest BCUT2D eigenvalue weighted by atomic mass is 35.5. The molecule has 0 amide bonds. The molecule has 1 rings (SSSR count). The maximum absolute atomic E-state index is 10.1. The van der Waals surface area contributed by atoms with Crippen molar-refractivity contribution in [2.24, 2.45) is 0 Å². The third-order valence-electron chi connectivity index (χ3n) is 1.14. The Morgan fingerprint density at radius 3 is 3.09 bits per heavy atom. The van der Waals surface area contributed by atoms with Crippen LogP contribution in [0.5, 0.6) is 0 Å². The summed E-state index contributed by atoms with van der Waals surface area (Å²) in [4.78, 5) is 11.3. The monoisotopic (exact) mass is 190 g/mol. The first-order valence-electron chi connectivity index (χ1n) is 3.13. The minimum atomic E-state index is -0.735. The zero-order chi connectivity index (χ0) is 8.10. The summed E-state index contributed by atoms with van der Waals surface area (Å²) < 4.78 is 4.55. The Bertz CT molecular complexity index is 220. The highest BCUT2D eigenvalue weighted by Crippen LogP contribution is 2.08. The van der Waals surface area contributed by atoms with Gasteiger partial charge in [-0.25, -0.2) is 4.79 Å². The molecule has 0 bridgehead atoms. The summed E-state index contributed by atoms with van der Waals surface area (Å²) in [5, 5.41) is 1.98. The van der Waals surface area contributed by atoms with E-state index >= 15 is 0 Å². The molecule has 0 saturated heterocycles. The van der Waals surface area contributed by atoms with Gasteiger partial charge in [-0.15, -0.1) is 11.3 Å². The lowest BCUT2D eigenvalue weighted by atomic mass is 10.4. The van der Waals surface area contributed by atoms with Gasteiger partial charge in [0.1, 0.15) is 0 Å². The Morgan fingerprint density at radius 2 is 2.55 bits per heavy atom. The van der Waals surface area contributed by atoms with Crippen LogP contribution < -0.4 is 0 Å². The largest absolute Gasteiger partial charge is 0.453 e. The second-order valence-electron chi connectivity index (χ2n) is 1.92. The van der Waals surface area contributed by atoms with Crippen LogP contribution >= 0.6 is 22.9 Å². The van der Waals surface area contributed by atoms with Gasteiger partial charge in [0.15, 0.2) is 0 Å². The molecule has 0 aliphatic rings. The van der Waals surface area contributed by atoms with Gasteiger partial charge in [0.05, 0.1) is 6.61 Å². The van der Waals surface area contributed by atoms with Gasteiger partial charge in [-0.1, -0.05) is 6.07 Å². The number of thiophene rings is 1. The molecule has 0 fully saturated rings. The molecule has 2 nitrogen and oxygen atoms in total. The highest BCUT2D eigenvalue weighted by Gasteiger charge is 1.96. The number of hydrogen-bond acceptors (Lipinski definition) is 3. The summed E-state index contributed by atoms with van der Waals surface area (Å²) >= 11 is 6.60. The van der Waals surface area contributed by atoms with Crippen LogP contribution in [0.1, 0.15) is 4.88 Å². The predicted octanol–water partition coefficient (Wildman–Crippen LogP) is 2.67. The molecular formula is C7H7ClO2S. The van der Waals surface area contributed by atoms with Crippen molar-refractivity contribution in [3.8, 4) is 0 Å². The number of carbonyl (C=O) groups is 1. The lowest BCUT2D eigenvalue weighted by Gasteiger charge is -1.96. The molecular weight excluding hydrogens is 184 g/mol. The molecule has 0 aliphatic heterocycles. The smallest absolute Gasteiger partial charge is 0.403 e. The Hall–Kier alpha value is -0.540. The van der Waals surface area contributed by atoms with Crippen LogP contribution in [0.4, 0.5) is 4.79 Å². The average molecular weight is 191 g/mol. The Labute approximate surface area is 73.7 Å². The van der Waals surface area contributed by atoms with Gasteiger partial charge < -0.3 is 4.74 Å². The van der Waals surface area contributed by atoms with E-state index in [4.69, 9.17) is 11.6 Å². The van der Waals surface area contributed by atoms with Crippen LogP contribution in [0.25, 0.3) is 0 Å². The normalized spacial score (nSPS) is 9.55. The van der Waals surface area contributed by atoms with Crippen LogP contribution in [-0.2, 0) is 11.2 Å². The molecule has 0 saturated carbocycles. The number of hydrogen-bond donors (Lipinski definition) is 0. The summed E-state index contributed by atoms with van der Waals surface area (Å²) in [6, 6.07) is 3.95. The van der Waals surface area contributed by atoms with Gasteiger partial charge in [0.2, 0.25) is 0 Å². The summed E-state index contributed by atoms with van der Waals surface area (Å²) in [6.45, 7) is 0.364. The minimum Gasteiger partial charge on any atom is -0.453 e. The minimum absolute atomic E-state index is 0.364. The second-order valence-corrected chi connectivity index (χ2v) is 3.26. The van der Waals surface area contributed by atoms with Crippen molar-refractivity contribution < 1.29 is 9.53 Å². The van der Waals surface area contributed by atoms with E-state index in [1.807, 2.05) is 17.5 Å². The molecule has 11 heavy (non-hydrogen) atoms. The van der Waals surface area contributed by atoms with Gasteiger partial charge >= 0.3 is 5.43 Å². The average Bonchev–Trinajstić information content (AvgIpc) is 2.39. The fourth-order valence-electron chi connectivity index (χ4n) is 0.687. The van der Waals surface area contributed by atoms with Crippen molar-refractivity contribution in [2.45, 2.75) is 6.42 Å². The lowest BCUT2D eigenvalue weighted by Crippen LogP contribution is -1.98. The lowest BCUT2D eigenvalue weighted by molar-refractivity contribution is 0.175. The molecule has 0 N–H and O–H groups in total. The standard InChI is InChI=1S/C7H7ClO2S/c8-7(9)10-4-3-6-2-1-5-11-6/h1-2,5H,3-4H2. The number of ether oxygens (including phenoxy) is 1. The SMILES string of the molecule is O=C(Cl)OCCc1cccs1. The van der Waals surface area contributed by atoms with Crippen molar-refractivity contribution in [3.05, 3.63) is 22.4 Å². The van der Waals surface area contributed by atoms with E-state index < -0.39 is 5.43 Å². The van der Waals surface area contributed by atoms with Gasteiger partial charge in [-0.3, -0.25) is 0 Å². The van der Waals surface area contributed by atoms with Crippen molar-refractivity contribution in [1.29, 1.82) is 0 Å². The topological polar surface area (TPSA) is 26.3 Å². The van der Waals surface area contributed by atoms with Crippen LogP contribution in [-0.4, -0.2) is 12.0 Å². The Morgan fingerprint density at radius 1 is 1.73 bits per heavy atom. The van der Waals surface area contributed by atoms with Crippen molar-refractivity contribution in [2.75, 3.05) is 6.61 Å². The van der Waals surface area contributed by atoms with E-state index in [2.05, 4.69) is 4.74 Å². The molecule has 4 heteroatoms. The van der Waals surface area contributed by atoms with Crippen molar-refractivity contribution in [3.63, 3.8) is 0 Å². The van der Waals surface area contributed by atoms with Crippen LogP contribution in [0.2, 0.25) is 0 Å². The number of carbonyl (C=O) groups excluding carboxylic acids is 1. The fraction of sp³-hybridized carbons (Fsp3) is 0.286. The van der Waals surface area contributed by atoms with Crippen LogP contribution in [0.15, 0.2) is 17.5 Å². The van der Waals surface area contributed by atoms with Crippen molar-refractivity contribution >= 4 is 28.4 Å². The maximum atomic E-state index is 10.1. The molecule has 1 heterocycles. The second kappa shape index (κ2) is 4.36. The van der Waals surface area contributed by atoms with Crippen LogP contribution in [0.3, 0.4) is 0 Å². The Balaban J connectivity index is 2.19. The van der Waals surface area contributed by atoms with Gasteiger partial charge in [-0.05, 0) is 11.4 Å². The van der Waals surface area contributed by atoms with Gasteiger partial charge in [-0.2, -0.15) is 0 Å². The van der Waals surface area contributed by atoms with Gasteiger partial charge in [0.25, 0.3) is 0 Å². The first-order valence-corrected chi connectivity index (χ1v) is 4.39. The van der Waals surface area contributed by atoms with Gasteiger partial charge in [0, 0.05) is 22.9 Å². The number of rotatable bonds is 3. The molecule has 0 spiro atoms. The molecule has 1 aromatic heterocycles. The summed E-state index contributed by atoms with van der Waals surface area (Å²) in [5.74, 6) is 0. The molecule has 0 atom stereocenters. The van der Waals surface area contributed by atoms with E-state index in [0.717, 1.165) is 6.42 Å². The van der Waals surface area contributed by atoms with Crippen molar-refractivity contribution in [1.82, 2.24) is 0 Å². The molecule has 0 unspecified atom stereocenters. The summed E-state index contributed by atoms with van der Waals surface area (Å²) in [5.41, 5.74) is -0.735. The fourth-order valence-corrected chi connectivity index (χ4v) is 1.45. The summed E-state index contributed by atoms with van der Waals surface area (Å²) in [7, 11) is 0. The van der Waals surface area contributed by atoms with E-state index in [1.54, 1.807) is 11.3 Å². The summed E-state index contributed by atoms with van der Waals surface area (Å²) in [6.07, 6.45) is 0.746. The quantitative estimate of drug-likeness (QED) is 0.685. The van der Waals surface area contributed by atoms with E-state index in [-0.39, 0.29) is 0 Å². The molecule has 60 valence electrons. The molecule has 0 radical (unpaired) electrons. The first kappa shape index (κ1) is 8.56. The number of halogens is 1. The van der Waals surface area contributed by atoms with E-state index in [9.17, 15) is 4.79 Å². The predicted molar refractivity (Wildman–Crippen MR) is 45.2 cm³/mol.